The zero-order chi connectivity index (χ0) is 26.3. The van der Waals surface area contributed by atoms with Gasteiger partial charge in [-0.3, -0.25) is 9.69 Å². The highest BCUT2D eigenvalue weighted by Crippen LogP contribution is 2.44. The Morgan fingerprint density at radius 2 is 1.62 bits per heavy atom. The second-order valence-electron chi connectivity index (χ2n) is 9.57. The van der Waals surface area contributed by atoms with Gasteiger partial charge in [-0.05, 0) is 43.0 Å². The molecule has 0 spiro atoms. The molecule has 0 saturated heterocycles. The highest BCUT2D eigenvalue weighted by molar-refractivity contribution is 6.06. The van der Waals surface area contributed by atoms with E-state index in [1.807, 2.05) is 105 Å². The van der Waals surface area contributed by atoms with Gasteiger partial charge in [-0.25, -0.2) is 4.79 Å². The van der Waals surface area contributed by atoms with Crippen LogP contribution in [0.25, 0.3) is 0 Å². The lowest BCUT2D eigenvalue weighted by Gasteiger charge is -2.34. The van der Waals surface area contributed by atoms with Gasteiger partial charge in [-0.15, -0.1) is 0 Å². The summed E-state index contributed by atoms with van der Waals surface area (Å²) < 4.78 is 5.66. The first-order valence-electron chi connectivity index (χ1n) is 12.4. The van der Waals surface area contributed by atoms with Gasteiger partial charge >= 0.3 is 6.09 Å². The first-order valence-corrected chi connectivity index (χ1v) is 12.4. The van der Waals surface area contributed by atoms with Crippen molar-refractivity contribution in [2.75, 3.05) is 5.32 Å². The Hall–Kier alpha value is -4.37. The van der Waals surface area contributed by atoms with Gasteiger partial charge in [0, 0.05) is 12.1 Å². The van der Waals surface area contributed by atoms with E-state index in [0.717, 1.165) is 28.0 Å². The first kappa shape index (κ1) is 25.7. The van der Waals surface area contributed by atoms with Crippen LogP contribution < -0.4 is 5.32 Å². The molecule has 1 aliphatic rings. The van der Waals surface area contributed by atoms with Crippen LogP contribution in [0.4, 0.5) is 10.5 Å². The van der Waals surface area contributed by atoms with Crippen molar-refractivity contribution < 1.29 is 14.3 Å². The maximum Gasteiger partial charge on any atom is 0.411 e. The molecule has 2 amide bonds. The van der Waals surface area contributed by atoms with Gasteiger partial charge in [0.25, 0.3) is 0 Å². The molecule has 0 saturated carbocycles. The maximum absolute atomic E-state index is 13.5. The van der Waals surface area contributed by atoms with Crippen molar-refractivity contribution in [2.24, 2.45) is 0 Å². The van der Waals surface area contributed by atoms with E-state index in [-0.39, 0.29) is 25.5 Å². The molecule has 1 aliphatic heterocycles. The summed E-state index contributed by atoms with van der Waals surface area (Å²) in [6.45, 7) is 4.25. The summed E-state index contributed by atoms with van der Waals surface area (Å²) in [6, 6.07) is 27.9. The zero-order valence-corrected chi connectivity index (χ0v) is 21.2. The third-order valence-corrected chi connectivity index (χ3v) is 6.69. The lowest BCUT2D eigenvalue weighted by atomic mass is 9.73. The molecule has 0 aromatic heterocycles. The molecule has 0 radical (unpaired) electrons. The summed E-state index contributed by atoms with van der Waals surface area (Å²) in [5.74, 6) is -0.163. The van der Waals surface area contributed by atoms with Gasteiger partial charge in [0.05, 0.1) is 18.0 Å². The number of nitriles is 1. The number of anilines is 1. The molecule has 0 fully saturated rings. The number of hydrogen-bond donors (Lipinski definition) is 1. The molecular formula is C31H31N3O3. The average molecular weight is 494 g/mol. The summed E-state index contributed by atoms with van der Waals surface area (Å²) in [4.78, 5) is 28.4. The Balaban J connectivity index is 1.67. The Kier molecular flexibility index (Phi) is 8.05. The summed E-state index contributed by atoms with van der Waals surface area (Å²) in [6.07, 6.45) is 1.99. The minimum absolute atomic E-state index is 0.0926. The van der Waals surface area contributed by atoms with Gasteiger partial charge in [-0.1, -0.05) is 90.5 Å². The predicted molar refractivity (Wildman–Crippen MR) is 143 cm³/mol. The fraction of sp³-hybridized carbons (Fsp3) is 0.258. The van der Waals surface area contributed by atoms with Gasteiger partial charge < -0.3 is 10.1 Å². The molecule has 6 heteroatoms. The Labute approximate surface area is 218 Å². The molecule has 2 atom stereocenters. The number of nitrogens with one attached hydrogen (secondary N) is 1. The highest BCUT2D eigenvalue weighted by atomic mass is 16.6. The lowest BCUT2D eigenvalue weighted by Crippen LogP contribution is -2.46. The van der Waals surface area contributed by atoms with Gasteiger partial charge in [0.2, 0.25) is 5.91 Å². The standard InChI is InChI=1S/C31H31N3O3/c1-23(2)17-18-31(27-15-9-10-16-28(27)33-29(31)35)19-26(20-32)34(21-24-11-5-3-6-12-24)30(36)37-22-25-13-7-4-8-14-25/h3-17,26H,18-19,21-22H2,1-2H3,(H,33,35)/t26?,31-/m0/s1. The van der Waals surface area contributed by atoms with Gasteiger partial charge in [-0.2, -0.15) is 5.26 Å². The lowest BCUT2D eigenvalue weighted by molar-refractivity contribution is -0.121. The van der Waals surface area contributed by atoms with Crippen LogP contribution in [-0.2, 0) is 28.1 Å². The largest absolute Gasteiger partial charge is 0.445 e. The molecular weight excluding hydrogens is 462 g/mol. The summed E-state index contributed by atoms with van der Waals surface area (Å²) in [5, 5.41) is 13.3. The van der Waals surface area contributed by atoms with E-state index in [4.69, 9.17) is 4.74 Å². The van der Waals surface area contributed by atoms with Crippen LogP contribution in [0, 0.1) is 11.3 Å². The van der Waals surface area contributed by atoms with Crippen molar-refractivity contribution in [3.05, 3.63) is 113 Å². The van der Waals surface area contributed by atoms with Gasteiger partial charge in [0.15, 0.2) is 0 Å². The normalized spacial score (nSPS) is 16.6. The number of ether oxygens (including phenoxy) is 1. The topological polar surface area (TPSA) is 82.4 Å². The third kappa shape index (κ3) is 5.90. The fourth-order valence-corrected chi connectivity index (χ4v) is 4.68. The molecule has 3 aromatic rings. The number of para-hydroxylation sites is 1. The molecule has 188 valence electrons. The number of carbonyl (C=O) groups is 2. The number of fused-ring (bicyclic) bond motifs is 1. The van der Waals surface area contributed by atoms with Crippen molar-refractivity contribution in [1.29, 1.82) is 5.26 Å². The molecule has 0 bridgehead atoms. The van der Waals surface area contributed by atoms with Crippen LogP contribution in [0.2, 0.25) is 0 Å². The fourth-order valence-electron chi connectivity index (χ4n) is 4.68. The van der Waals surface area contributed by atoms with Crippen LogP contribution in [0.3, 0.4) is 0 Å². The van der Waals surface area contributed by atoms with E-state index in [9.17, 15) is 14.9 Å². The van der Waals surface area contributed by atoms with Crippen molar-refractivity contribution in [3.8, 4) is 6.07 Å². The van der Waals surface area contributed by atoms with Crippen molar-refractivity contribution >= 4 is 17.7 Å². The van der Waals surface area contributed by atoms with Crippen LogP contribution >= 0.6 is 0 Å². The Bertz CT molecular complexity index is 1310. The third-order valence-electron chi connectivity index (χ3n) is 6.69. The zero-order valence-electron chi connectivity index (χ0n) is 21.2. The summed E-state index contributed by atoms with van der Waals surface area (Å²) in [5.41, 5.74) is 3.40. The molecule has 4 rings (SSSR count). The van der Waals surface area contributed by atoms with Gasteiger partial charge in [0.1, 0.15) is 12.6 Å². The number of amides is 2. The van der Waals surface area contributed by atoms with E-state index in [1.54, 1.807) is 0 Å². The first-order chi connectivity index (χ1) is 17.9. The predicted octanol–water partition coefficient (Wildman–Crippen LogP) is 6.35. The molecule has 6 nitrogen and oxygen atoms in total. The number of benzene rings is 3. The number of allylic oxidation sites excluding steroid dienone is 2. The van der Waals surface area contributed by atoms with Crippen LogP contribution in [0.15, 0.2) is 96.6 Å². The average Bonchev–Trinajstić information content (AvgIpc) is 3.20. The molecule has 37 heavy (non-hydrogen) atoms. The second-order valence-corrected chi connectivity index (χ2v) is 9.57. The quantitative estimate of drug-likeness (QED) is 0.352. The van der Waals surface area contributed by atoms with E-state index in [2.05, 4.69) is 11.4 Å². The van der Waals surface area contributed by atoms with Crippen molar-refractivity contribution in [3.63, 3.8) is 0 Å². The van der Waals surface area contributed by atoms with Crippen LogP contribution in [0.1, 0.15) is 43.4 Å². The molecule has 1 heterocycles. The summed E-state index contributed by atoms with van der Waals surface area (Å²) in [7, 11) is 0. The van der Waals surface area contributed by atoms with Crippen LogP contribution in [0.5, 0.6) is 0 Å². The molecule has 1 unspecified atom stereocenters. The van der Waals surface area contributed by atoms with Crippen molar-refractivity contribution in [1.82, 2.24) is 4.90 Å². The van der Waals surface area contributed by atoms with Crippen LogP contribution in [-0.4, -0.2) is 22.9 Å². The molecule has 1 N–H and O–H groups in total. The van der Waals surface area contributed by atoms with E-state index in [0.29, 0.717) is 6.42 Å². The smallest absolute Gasteiger partial charge is 0.411 e. The van der Waals surface area contributed by atoms with E-state index in [1.165, 1.54) is 4.90 Å². The second kappa shape index (κ2) is 11.6. The SMILES string of the molecule is CC(C)=CC[C@@]1(CC(C#N)N(Cc2ccccc2)C(=O)OCc2ccccc2)C(=O)Nc2ccccc21. The van der Waals surface area contributed by atoms with Crippen molar-refractivity contribution in [2.45, 2.75) is 51.3 Å². The monoisotopic (exact) mass is 493 g/mol. The minimum Gasteiger partial charge on any atom is -0.445 e. The number of carbonyl (C=O) groups excluding carboxylic acids is 2. The maximum atomic E-state index is 13.5. The van der Waals surface area contributed by atoms with E-state index >= 15 is 0 Å². The molecule has 0 aliphatic carbocycles. The number of rotatable bonds is 9. The number of nitrogens with zero attached hydrogens (tertiary/aromatic N) is 2. The highest BCUT2D eigenvalue weighted by Gasteiger charge is 2.48. The Morgan fingerprint density at radius 1 is 1.00 bits per heavy atom. The summed E-state index contributed by atoms with van der Waals surface area (Å²) >= 11 is 0. The number of hydrogen-bond acceptors (Lipinski definition) is 4. The molecule has 3 aromatic carbocycles. The minimum atomic E-state index is -0.983. The Morgan fingerprint density at radius 3 is 2.27 bits per heavy atom. The van der Waals surface area contributed by atoms with E-state index < -0.39 is 17.6 Å².